The smallest absolute Gasteiger partial charge is 0.339 e. The highest BCUT2D eigenvalue weighted by Crippen LogP contribution is 2.37. The van der Waals surface area contributed by atoms with E-state index in [1.807, 2.05) is 0 Å². The first kappa shape index (κ1) is 22.5. The van der Waals surface area contributed by atoms with E-state index in [9.17, 15) is 26.7 Å². The van der Waals surface area contributed by atoms with Gasteiger partial charge in [-0.2, -0.15) is 13.9 Å². The van der Waals surface area contributed by atoms with Gasteiger partial charge in [-0.25, -0.2) is 23.4 Å². The van der Waals surface area contributed by atoms with Crippen LogP contribution in [0.1, 0.15) is 5.56 Å². The quantitative estimate of drug-likeness (QED) is 0.175. The molecule has 166 valence electrons. The van der Waals surface area contributed by atoms with Gasteiger partial charge in [-0.3, -0.25) is 0 Å². The molecule has 0 saturated carbocycles. The Morgan fingerprint density at radius 2 is 1.50 bits per heavy atom. The molecule has 0 aliphatic rings. The van der Waals surface area contributed by atoms with Crippen molar-refractivity contribution >= 4 is 17.9 Å². The molecule has 2 N–H and O–H groups in total. The fourth-order valence-corrected chi connectivity index (χ4v) is 2.48. The molecule has 0 bridgehead atoms. The van der Waals surface area contributed by atoms with E-state index in [1.165, 1.54) is 31.5 Å². The van der Waals surface area contributed by atoms with Crippen LogP contribution in [0, 0.1) is 29.1 Å². The van der Waals surface area contributed by atoms with Crippen molar-refractivity contribution in [1.29, 1.82) is 0 Å². The second-order valence-electron chi connectivity index (χ2n) is 6.10. The van der Waals surface area contributed by atoms with Crippen LogP contribution in [0.5, 0.6) is 17.2 Å². The summed E-state index contributed by atoms with van der Waals surface area (Å²) in [6.07, 6.45) is 1.23. The molecule has 6 nitrogen and oxygen atoms in total. The molecular weight excluding hydrogens is 437 g/mol. The van der Waals surface area contributed by atoms with Crippen molar-refractivity contribution in [2.45, 2.75) is 0 Å². The zero-order valence-electron chi connectivity index (χ0n) is 16.3. The summed E-state index contributed by atoms with van der Waals surface area (Å²) in [6.45, 7) is 0. The number of ether oxygens (including phenoxy) is 2. The molecule has 0 spiro atoms. The average molecular weight is 451 g/mol. The zero-order chi connectivity index (χ0) is 23.3. The van der Waals surface area contributed by atoms with Crippen molar-refractivity contribution in [2.24, 2.45) is 5.10 Å². The lowest BCUT2D eigenvalue weighted by Crippen LogP contribution is -2.24. The van der Waals surface area contributed by atoms with Crippen LogP contribution in [0.2, 0.25) is 0 Å². The maximum atomic E-state index is 13.8. The van der Waals surface area contributed by atoms with Crippen molar-refractivity contribution in [1.82, 2.24) is 5.43 Å². The predicted molar refractivity (Wildman–Crippen MR) is 105 cm³/mol. The minimum absolute atomic E-state index is 0.0911. The Labute approximate surface area is 178 Å². The molecule has 0 aliphatic carbocycles. The van der Waals surface area contributed by atoms with Gasteiger partial charge < -0.3 is 14.8 Å². The van der Waals surface area contributed by atoms with Gasteiger partial charge >= 0.3 is 6.03 Å². The highest BCUT2D eigenvalue weighted by molar-refractivity contribution is 5.90. The first-order chi connectivity index (χ1) is 15.3. The number of carbonyl (C=O) groups is 1. The summed E-state index contributed by atoms with van der Waals surface area (Å²) in [5.41, 5.74) is 3.15. The number of methoxy groups -OCH3 is 1. The van der Waals surface area contributed by atoms with Crippen molar-refractivity contribution in [3.8, 4) is 17.2 Å². The Kier molecular flexibility index (Phi) is 6.88. The van der Waals surface area contributed by atoms with E-state index in [0.717, 1.165) is 0 Å². The lowest BCUT2D eigenvalue weighted by Gasteiger charge is -2.13. The molecule has 0 unspecified atom stereocenters. The summed E-state index contributed by atoms with van der Waals surface area (Å²) >= 11 is 0. The molecule has 0 heterocycles. The molecule has 2 amide bonds. The Morgan fingerprint density at radius 1 is 0.875 bits per heavy atom. The van der Waals surface area contributed by atoms with E-state index in [1.54, 1.807) is 30.3 Å². The number of urea groups is 1. The SMILES string of the molecule is COc1cc(/C=N\NC(=O)Nc2ccccc2)ccc1Oc1c(F)c(F)c(F)c(F)c1F. The number of anilines is 1. The third-order valence-corrected chi connectivity index (χ3v) is 3.98. The van der Waals surface area contributed by atoms with Gasteiger partial charge in [-0.05, 0) is 35.9 Å². The van der Waals surface area contributed by atoms with Gasteiger partial charge in [0, 0.05) is 5.69 Å². The maximum Gasteiger partial charge on any atom is 0.339 e. The number of carbonyl (C=O) groups excluding carboxylic acids is 1. The third-order valence-electron chi connectivity index (χ3n) is 3.98. The summed E-state index contributed by atoms with van der Waals surface area (Å²) in [5, 5.41) is 6.29. The van der Waals surface area contributed by atoms with Gasteiger partial charge in [-0.15, -0.1) is 0 Å². The van der Waals surface area contributed by atoms with Crippen LogP contribution >= 0.6 is 0 Å². The number of rotatable bonds is 6. The molecule has 0 aliphatic heterocycles. The number of benzene rings is 3. The van der Waals surface area contributed by atoms with E-state index >= 15 is 0 Å². The van der Waals surface area contributed by atoms with Crippen LogP contribution in [0.25, 0.3) is 0 Å². The molecule has 0 atom stereocenters. The van der Waals surface area contributed by atoms with Gasteiger partial charge in [0.2, 0.25) is 34.8 Å². The number of nitrogens with zero attached hydrogens (tertiary/aromatic N) is 1. The highest BCUT2D eigenvalue weighted by atomic mass is 19.2. The minimum atomic E-state index is -2.30. The molecule has 3 aromatic rings. The number of hydrogen-bond donors (Lipinski definition) is 2. The van der Waals surface area contributed by atoms with Gasteiger partial charge in [0.05, 0.1) is 13.3 Å². The van der Waals surface area contributed by atoms with Crippen LogP contribution in [-0.2, 0) is 0 Å². The monoisotopic (exact) mass is 451 g/mol. The number of halogens is 5. The number of amides is 2. The highest BCUT2D eigenvalue weighted by Gasteiger charge is 2.28. The van der Waals surface area contributed by atoms with Crippen LogP contribution in [0.15, 0.2) is 53.6 Å². The summed E-state index contributed by atoms with van der Waals surface area (Å²) in [4.78, 5) is 11.8. The fraction of sp³-hybridized carbons (Fsp3) is 0.0476. The fourth-order valence-electron chi connectivity index (χ4n) is 2.48. The summed E-state index contributed by atoms with van der Waals surface area (Å²) in [7, 11) is 1.20. The number of hydrazone groups is 1. The van der Waals surface area contributed by atoms with Crippen LogP contribution < -0.4 is 20.2 Å². The van der Waals surface area contributed by atoms with E-state index in [2.05, 4.69) is 15.8 Å². The van der Waals surface area contributed by atoms with Gasteiger partial charge in [0.1, 0.15) is 0 Å². The van der Waals surface area contributed by atoms with E-state index in [0.29, 0.717) is 11.3 Å². The molecule has 0 radical (unpaired) electrons. The summed E-state index contributed by atoms with van der Waals surface area (Å²) < 4.78 is 77.5. The molecule has 0 fully saturated rings. The lowest BCUT2D eigenvalue weighted by molar-refractivity contribution is 0.252. The maximum absolute atomic E-state index is 13.8. The van der Waals surface area contributed by atoms with Crippen LogP contribution in [0.3, 0.4) is 0 Å². The molecule has 0 aromatic heterocycles. The van der Waals surface area contributed by atoms with Crippen molar-refractivity contribution in [3.05, 3.63) is 83.2 Å². The number of hydrogen-bond acceptors (Lipinski definition) is 4. The molecular formula is C21H14F5N3O3. The minimum Gasteiger partial charge on any atom is -0.493 e. The molecule has 3 aromatic carbocycles. The lowest BCUT2D eigenvalue weighted by atomic mass is 10.2. The second kappa shape index (κ2) is 9.77. The zero-order valence-corrected chi connectivity index (χ0v) is 16.3. The molecule has 32 heavy (non-hydrogen) atoms. The van der Waals surface area contributed by atoms with Crippen molar-refractivity contribution in [2.75, 3.05) is 12.4 Å². The molecule has 0 saturated heterocycles. The summed E-state index contributed by atoms with van der Waals surface area (Å²) in [6, 6.07) is 11.8. The van der Waals surface area contributed by atoms with Crippen molar-refractivity contribution < 1.29 is 36.2 Å². The Morgan fingerprint density at radius 3 is 2.12 bits per heavy atom. The standard InChI is InChI=1S/C21H14F5N3O3/c1-31-14-9-11(10-27-29-21(30)28-12-5-3-2-4-6-12)7-8-13(14)32-20-18(25)16(23)15(22)17(24)19(20)26/h2-10H,1H3,(H2,28,29,30)/b27-10-. The molecule has 3 rings (SSSR count). The average Bonchev–Trinajstić information content (AvgIpc) is 2.80. The Bertz CT molecular complexity index is 1140. The van der Waals surface area contributed by atoms with Crippen LogP contribution in [-0.4, -0.2) is 19.4 Å². The second-order valence-corrected chi connectivity index (χ2v) is 6.10. The van der Waals surface area contributed by atoms with E-state index < -0.39 is 40.9 Å². The van der Waals surface area contributed by atoms with Gasteiger partial charge in [-0.1, -0.05) is 18.2 Å². The number of nitrogens with one attached hydrogen (secondary N) is 2. The Hall–Kier alpha value is -4.15. The first-order valence-corrected chi connectivity index (χ1v) is 8.84. The van der Waals surface area contributed by atoms with Gasteiger partial charge in [0.25, 0.3) is 0 Å². The first-order valence-electron chi connectivity index (χ1n) is 8.84. The van der Waals surface area contributed by atoms with Crippen LogP contribution in [0.4, 0.5) is 32.4 Å². The number of para-hydroxylation sites is 1. The topological polar surface area (TPSA) is 72.0 Å². The van der Waals surface area contributed by atoms with Gasteiger partial charge in [0.15, 0.2) is 11.5 Å². The molecule has 11 heteroatoms. The summed E-state index contributed by atoms with van der Waals surface area (Å²) in [5.74, 6) is -12.7. The normalized spacial score (nSPS) is 10.8. The van der Waals surface area contributed by atoms with E-state index in [4.69, 9.17) is 9.47 Å². The largest absolute Gasteiger partial charge is 0.493 e. The van der Waals surface area contributed by atoms with Crippen molar-refractivity contribution in [3.63, 3.8) is 0 Å². The predicted octanol–water partition coefficient (Wildman–Crippen LogP) is 5.34. The van der Waals surface area contributed by atoms with E-state index in [-0.39, 0.29) is 11.5 Å². The third kappa shape index (κ3) is 4.94. The Balaban J connectivity index is 1.74.